The summed E-state index contributed by atoms with van der Waals surface area (Å²) in [6.07, 6.45) is 6.79. The molecule has 1 aromatic carbocycles. The van der Waals surface area contributed by atoms with Crippen molar-refractivity contribution in [2.45, 2.75) is 44.6 Å². The van der Waals surface area contributed by atoms with Crippen molar-refractivity contribution in [3.05, 3.63) is 35.4 Å². The highest BCUT2D eigenvalue weighted by atomic mass is 15.2. The van der Waals surface area contributed by atoms with E-state index in [0.717, 1.165) is 0 Å². The average molecular weight is 258 g/mol. The van der Waals surface area contributed by atoms with Crippen LogP contribution >= 0.6 is 0 Å². The first-order chi connectivity index (χ1) is 9.26. The number of hydrogen-bond acceptors (Lipinski definition) is 2. The Balaban J connectivity index is 1.55. The maximum atomic E-state index is 3.79. The van der Waals surface area contributed by atoms with Gasteiger partial charge in [0.2, 0.25) is 0 Å². The van der Waals surface area contributed by atoms with Crippen LogP contribution in [0.15, 0.2) is 24.3 Å². The van der Waals surface area contributed by atoms with Crippen molar-refractivity contribution in [2.75, 3.05) is 26.2 Å². The highest BCUT2D eigenvalue weighted by Crippen LogP contribution is 2.31. The molecule has 1 aliphatic heterocycles. The van der Waals surface area contributed by atoms with Crippen LogP contribution in [0.25, 0.3) is 0 Å². The fourth-order valence-electron chi connectivity index (χ4n) is 3.77. The molecule has 1 saturated heterocycles. The van der Waals surface area contributed by atoms with Crippen molar-refractivity contribution >= 4 is 0 Å². The van der Waals surface area contributed by atoms with Crippen LogP contribution in [-0.2, 0) is 6.42 Å². The highest BCUT2D eigenvalue weighted by molar-refractivity contribution is 5.22. The summed E-state index contributed by atoms with van der Waals surface area (Å²) in [6.45, 7) is 7.05. The number of nitrogens with one attached hydrogen (secondary N) is 1. The largest absolute Gasteiger partial charge is 0.309 e. The molecule has 0 aromatic heterocycles. The molecule has 1 heterocycles. The summed E-state index contributed by atoms with van der Waals surface area (Å²) in [7, 11) is 0. The summed E-state index contributed by atoms with van der Waals surface area (Å²) >= 11 is 0. The number of nitrogens with zero attached hydrogens (tertiary/aromatic N) is 1. The molecule has 1 aromatic rings. The number of hydrogen-bond donors (Lipinski definition) is 1. The number of rotatable bonds is 3. The van der Waals surface area contributed by atoms with Gasteiger partial charge in [0.05, 0.1) is 0 Å². The molecule has 2 nitrogen and oxygen atoms in total. The van der Waals surface area contributed by atoms with E-state index in [9.17, 15) is 0 Å². The monoisotopic (exact) mass is 258 g/mol. The van der Waals surface area contributed by atoms with Crippen LogP contribution in [0.5, 0.6) is 0 Å². The van der Waals surface area contributed by atoms with Gasteiger partial charge in [0, 0.05) is 31.7 Å². The minimum Gasteiger partial charge on any atom is -0.309 e. The Morgan fingerprint density at radius 2 is 2.11 bits per heavy atom. The van der Waals surface area contributed by atoms with Gasteiger partial charge >= 0.3 is 0 Å². The first-order valence-electron chi connectivity index (χ1n) is 7.79. The number of piperazine rings is 1. The maximum absolute atomic E-state index is 3.79. The molecule has 1 aliphatic carbocycles. The van der Waals surface area contributed by atoms with E-state index < -0.39 is 0 Å². The van der Waals surface area contributed by atoms with Gasteiger partial charge in [0.25, 0.3) is 0 Å². The molecule has 3 rings (SSSR count). The molecular weight excluding hydrogens is 232 g/mol. The summed E-state index contributed by atoms with van der Waals surface area (Å²) in [5, 5.41) is 3.79. The van der Waals surface area contributed by atoms with Crippen LogP contribution < -0.4 is 5.32 Å². The molecule has 0 radical (unpaired) electrons. The predicted octanol–water partition coefficient (Wildman–Crippen LogP) is 2.76. The van der Waals surface area contributed by atoms with E-state index in [0.29, 0.717) is 5.54 Å². The smallest absolute Gasteiger partial charge is 0.0309 e. The van der Waals surface area contributed by atoms with E-state index in [2.05, 4.69) is 41.4 Å². The van der Waals surface area contributed by atoms with Gasteiger partial charge in [-0.05, 0) is 31.7 Å². The van der Waals surface area contributed by atoms with Crippen LogP contribution in [0.3, 0.4) is 0 Å². The van der Waals surface area contributed by atoms with Crippen molar-refractivity contribution in [3.63, 3.8) is 0 Å². The summed E-state index contributed by atoms with van der Waals surface area (Å²) in [5.74, 6) is 0. The molecule has 1 spiro atoms. The molecule has 2 heteroatoms. The Kier molecular flexibility index (Phi) is 3.90. The van der Waals surface area contributed by atoms with Crippen molar-refractivity contribution in [2.24, 2.45) is 0 Å². The van der Waals surface area contributed by atoms with Gasteiger partial charge in [-0.1, -0.05) is 42.7 Å². The average Bonchev–Trinajstić information content (AvgIpc) is 2.85. The van der Waals surface area contributed by atoms with Crippen LogP contribution in [0.4, 0.5) is 0 Å². The molecule has 0 atom stereocenters. The summed E-state index contributed by atoms with van der Waals surface area (Å²) in [5.41, 5.74) is 3.33. The predicted molar refractivity (Wildman–Crippen MR) is 80.5 cm³/mol. The topological polar surface area (TPSA) is 15.3 Å². The first kappa shape index (κ1) is 13.1. The molecule has 104 valence electrons. The van der Waals surface area contributed by atoms with Crippen LogP contribution in [0, 0.1) is 6.92 Å². The van der Waals surface area contributed by atoms with Gasteiger partial charge in [-0.2, -0.15) is 0 Å². The second-order valence-electron chi connectivity index (χ2n) is 6.43. The number of aryl methyl sites for hydroxylation is 1. The van der Waals surface area contributed by atoms with Crippen molar-refractivity contribution in [1.82, 2.24) is 10.2 Å². The van der Waals surface area contributed by atoms with E-state index in [-0.39, 0.29) is 0 Å². The fourth-order valence-corrected chi connectivity index (χ4v) is 3.77. The fraction of sp³-hybridized carbons (Fsp3) is 0.647. The Bertz CT molecular complexity index is 421. The van der Waals surface area contributed by atoms with Gasteiger partial charge in [0.15, 0.2) is 0 Å². The zero-order valence-corrected chi connectivity index (χ0v) is 12.1. The summed E-state index contributed by atoms with van der Waals surface area (Å²) in [6, 6.07) is 8.96. The van der Waals surface area contributed by atoms with Gasteiger partial charge in [-0.3, -0.25) is 4.90 Å². The zero-order valence-electron chi connectivity index (χ0n) is 12.1. The third-order valence-electron chi connectivity index (χ3n) is 4.81. The summed E-state index contributed by atoms with van der Waals surface area (Å²) < 4.78 is 0. The Morgan fingerprint density at radius 3 is 2.89 bits per heavy atom. The lowest BCUT2D eigenvalue weighted by Crippen LogP contribution is -2.59. The van der Waals surface area contributed by atoms with Crippen LogP contribution in [-0.4, -0.2) is 36.6 Å². The van der Waals surface area contributed by atoms with E-state index in [1.54, 1.807) is 0 Å². The third kappa shape index (κ3) is 3.18. The van der Waals surface area contributed by atoms with Gasteiger partial charge in [-0.15, -0.1) is 0 Å². The molecule has 2 aliphatic rings. The van der Waals surface area contributed by atoms with E-state index in [4.69, 9.17) is 0 Å². The standard InChI is InChI=1S/C17H26N2/c1-15-5-4-6-16(13-15)7-11-19-12-10-18-17(14-19)8-2-3-9-17/h4-6,13,18H,2-3,7-12,14H2,1H3. The normalized spacial score (nSPS) is 23.0. The lowest BCUT2D eigenvalue weighted by molar-refractivity contribution is 0.136. The molecule has 19 heavy (non-hydrogen) atoms. The molecule has 2 fully saturated rings. The van der Waals surface area contributed by atoms with Crippen LogP contribution in [0.1, 0.15) is 36.8 Å². The maximum Gasteiger partial charge on any atom is 0.0309 e. The molecule has 0 unspecified atom stereocenters. The van der Waals surface area contributed by atoms with Crippen molar-refractivity contribution in [1.29, 1.82) is 0 Å². The van der Waals surface area contributed by atoms with Gasteiger partial charge < -0.3 is 5.32 Å². The van der Waals surface area contributed by atoms with E-state index >= 15 is 0 Å². The highest BCUT2D eigenvalue weighted by Gasteiger charge is 2.37. The second kappa shape index (κ2) is 5.64. The van der Waals surface area contributed by atoms with E-state index in [1.807, 2.05) is 0 Å². The van der Waals surface area contributed by atoms with Crippen molar-refractivity contribution < 1.29 is 0 Å². The first-order valence-corrected chi connectivity index (χ1v) is 7.79. The minimum atomic E-state index is 0.463. The molecular formula is C17H26N2. The lowest BCUT2D eigenvalue weighted by Gasteiger charge is -2.41. The Morgan fingerprint density at radius 1 is 1.26 bits per heavy atom. The third-order valence-corrected chi connectivity index (χ3v) is 4.81. The summed E-state index contributed by atoms with van der Waals surface area (Å²) in [4.78, 5) is 2.67. The van der Waals surface area contributed by atoms with Crippen molar-refractivity contribution in [3.8, 4) is 0 Å². The molecule has 0 bridgehead atoms. The second-order valence-corrected chi connectivity index (χ2v) is 6.43. The van der Waals surface area contributed by atoms with Gasteiger partial charge in [-0.25, -0.2) is 0 Å². The van der Waals surface area contributed by atoms with E-state index in [1.165, 1.54) is 69.4 Å². The molecule has 1 N–H and O–H groups in total. The quantitative estimate of drug-likeness (QED) is 0.897. The SMILES string of the molecule is Cc1cccc(CCN2CCNC3(CCCC3)C2)c1. The van der Waals surface area contributed by atoms with Gasteiger partial charge in [0.1, 0.15) is 0 Å². The molecule has 1 saturated carbocycles. The number of benzene rings is 1. The Labute approximate surface area is 117 Å². The minimum absolute atomic E-state index is 0.463. The Hall–Kier alpha value is -0.860. The lowest BCUT2D eigenvalue weighted by atomic mass is 9.94. The van der Waals surface area contributed by atoms with Crippen LogP contribution in [0.2, 0.25) is 0 Å². The zero-order chi connectivity index (χ0) is 13.1. The molecule has 0 amide bonds.